The molecule has 1 saturated carbocycles. The van der Waals surface area contributed by atoms with Gasteiger partial charge in [-0.2, -0.15) is 5.01 Å². The van der Waals surface area contributed by atoms with E-state index in [9.17, 15) is 24.5 Å². The highest BCUT2D eigenvalue weighted by molar-refractivity contribution is 6.09. The number of aryl methyl sites for hydroxylation is 1. The van der Waals surface area contributed by atoms with Crippen LogP contribution in [0.5, 0.6) is 0 Å². The van der Waals surface area contributed by atoms with E-state index in [1.54, 1.807) is 0 Å². The van der Waals surface area contributed by atoms with Gasteiger partial charge in [-0.1, -0.05) is 6.92 Å². The number of nitro benzene ring substituents is 1. The van der Waals surface area contributed by atoms with Crippen LogP contribution in [0, 0.1) is 23.0 Å². The molecule has 138 valence electrons. The number of hydrogen-bond acceptors (Lipinski definition) is 5. The second-order valence-electron chi connectivity index (χ2n) is 7.03. The molecule has 0 atom stereocenters. The number of hydrazine groups is 1. The maximum absolute atomic E-state index is 12.7. The molecule has 1 aromatic carbocycles. The van der Waals surface area contributed by atoms with Crippen molar-refractivity contribution in [2.24, 2.45) is 5.92 Å². The van der Waals surface area contributed by atoms with Crippen molar-refractivity contribution in [3.63, 3.8) is 0 Å². The third-order valence-corrected chi connectivity index (χ3v) is 5.16. The van der Waals surface area contributed by atoms with Crippen LogP contribution in [0.3, 0.4) is 0 Å². The summed E-state index contributed by atoms with van der Waals surface area (Å²) in [5.74, 6) is -0.633. The van der Waals surface area contributed by atoms with Gasteiger partial charge in [-0.3, -0.25) is 25.1 Å². The summed E-state index contributed by atoms with van der Waals surface area (Å²) < 4.78 is 0. The van der Waals surface area contributed by atoms with Crippen LogP contribution >= 0.6 is 0 Å². The van der Waals surface area contributed by atoms with Crippen molar-refractivity contribution >= 4 is 23.5 Å². The van der Waals surface area contributed by atoms with Gasteiger partial charge in [0.05, 0.1) is 4.92 Å². The fourth-order valence-corrected chi connectivity index (χ4v) is 3.48. The van der Waals surface area contributed by atoms with Crippen LogP contribution in [0.4, 0.5) is 10.5 Å². The van der Waals surface area contributed by atoms with E-state index in [1.807, 2.05) is 0 Å². The molecule has 2 fully saturated rings. The van der Waals surface area contributed by atoms with E-state index in [0.29, 0.717) is 24.3 Å². The van der Waals surface area contributed by atoms with Crippen molar-refractivity contribution in [1.29, 1.82) is 0 Å². The average molecular weight is 360 g/mol. The lowest BCUT2D eigenvalue weighted by atomic mass is 9.77. The number of urea groups is 1. The van der Waals surface area contributed by atoms with E-state index >= 15 is 0 Å². The minimum Gasteiger partial charge on any atom is -0.322 e. The minimum absolute atomic E-state index is 0.105. The molecule has 0 unspecified atom stereocenters. The zero-order chi connectivity index (χ0) is 19.1. The lowest BCUT2D eigenvalue weighted by Crippen LogP contribution is -2.51. The first-order valence-electron chi connectivity index (χ1n) is 8.46. The molecular formula is C17H20N4O5. The number of rotatable bonds is 3. The van der Waals surface area contributed by atoms with Gasteiger partial charge >= 0.3 is 6.03 Å². The third kappa shape index (κ3) is 3.00. The predicted molar refractivity (Wildman–Crippen MR) is 91.0 cm³/mol. The van der Waals surface area contributed by atoms with Crippen LogP contribution in [0.25, 0.3) is 0 Å². The molecule has 1 aromatic rings. The van der Waals surface area contributed by atoms with E-state index in [-0.39, 0.29) is 11.3 Å². The Kier molecular flexibility index (Phi) is 4.39. The Morgan fingerprint density at radius 3 is 2.58 bits per heavy atom. The van der Waals surface area contributed by atoms with E-state index < -0.39 is 28.3 Å². The molecule has 0 radical (unpaired) electrons. The highest BCUT2D eigenvalue weighted by Gasteiger charge is 2.52. The number of amides is 4. The standard InChI is InChI=1S/C17H20N4O5/c1-10-5-7-17(8-6-10)15(23)20(16(24)18-17)19-14(22)12-3-4-13(21(25)26)11(2)9-12/h3-4,9-10H,5-8H2,1-2H3,(H,18,24)(H,19,22). The van der Waals surface area contributed by atoms with E-state index in [4.69, 9.17) is 0 Å². The fraction of sp³-hybridized carbons (Fsp3) is 0.471. The van der Waals surface area contributed by atoms with E-state index in [2.05, 4.69) is 17.7 Å². The van der Waals surface area contributed by atoms with Gasteiger partial charge in [0, 0.05) is 17.2 Å². The number of carbonyl (C=O) groups is 3. The second-order valence-corrected chi connectivity index (χ2v) is 7.03. The van der Waals surface area contributed by atoms with Crippen LogP contribution in [0.2, 0.25) is 0 Å². The minimum atomic E-state index is -0.942. The summed E-state index contributed by atoms with van der Waals surface area (Å²) in [6.07, 6.45) is 2.74. The number of imide groups is 1. The highest BCUT2D eigenvalue weighted by atomic mass is 16.6. The van der Waals surface area contributed by atoms with E-state index in [0.717, 1.165) is 17.9 Å². The van der Waals surface area contributed by atoms with Crippen LogP contribution in [-0.4, -0.2) is 33.3 Å². The Labute approximate surface area is 149 Å². The largest absolute Gasteiger partial charge is 0.344 e. The molecule has 1 saturated heterocycles. The number of nitrogens with zero attached hydrogens (tertiary/aromatic N) is 2. The summed E-state index contributed by atoms with van der Waals surface area (Å²) in [5, 5.41) is 14.3. The normalized spacial score (nSPS) is 25.3. The first-order chi connectivity index (χ1) is 12.2. The Hall–Kier alpha value is -2.97. The molecule has 2 aliphatic rings. The molecule has 1 aliphatic heterocycles. The summed E-state index contributed by atoms with van der Waals surface area (Å²) in [7, 11) is 0. The van der Waals surface area contributed by atoms with Gasteiger partial charge < -0.3 is 5.32 Å². The third-order valence-electron chi connectivity index (χ3n) is 5.16. The SMILES string of the molecule is Cc1cc(C(=O)NN2C(=O)NC3(CCC(C)CC3)C2=O)ccc1[N+](=O)[O-]. The fourth-order valence-electron chi connectivity index (χ4n) is 3.48. The number of nitrogens with one attached hydrogen (secondary N) is 2. The van der Waals surface area contributed by atoms with Crippen molar-refractivity contribution in [3.05, 3.63) is 39.4 Å². The van der Waals surface area contributed by atoms with Gasteiger partial charge in [-0.05, 0) is 50.7 Å². The van der Waals surface area contributed by atoms with Gasteiger partial charge in [-0.15, -0.1) is 0 Å². The maximum atomic E-state index is 12.7. The molecule has 0 bridgehead atoms. The Balaban J connectivity index is 1.75. The van der Waals surface area contributed by atoms with Gasteiger partial charge in [0.15, 0.2) is 0 Å². The summed E-state index contributed by atoms with van der Waals surface area (Å²) in [6, 6.07) is 3.21. The smallest absolute Gasteiger partial charge is 0.322 e. The number of carbonyl (C=O) groups excluding carboxylic acids is 3. The Morgan fingerprint density at radius 1 is 1.35 bits per heavy atom. The maximum Gasteiger partial charge on any atom is 0.344 e. The zero-order valence-electron chi connectivity index (χ0n) is 14.6. The molecular weight excluding hydrogens is 340 g/mol. The zero-order valence-corrected chi connectivity index (χ0v) is 14.6. The Morgan fingerprint density at radius 2 is 2.00 bits per heavy atom. The number of hydrogen-bond donors (Lipinski definition) is 2. The molecule has 9 nitrogen and oxygen atoms in total. The van der Waals surface area contributed by atoms with Gasteiger partial charge in [0.1, 0.15) is 5.54 Å². The average Bonchev–Trinajstić information content (AvgIpc) is 2.81. The molecule has 26 heavy (non-hydrogen) atoms. The monoisotopic (exact) mass is 360 g/mol. The second kappa shape index (κ2) is 6.40. The van der Waals surface area contributed by atoms with Crippen molar-refractivity contribution in [2.45, 2.75) is 45.1 Å². The van der Waals surface area contributed by atoms with Crippen LogP contribution in [0.1, 0.15) is 48.5 Å². The molecule has 2 N–H and O–H groups in total. The van der Waals surface area contributed by atoms with Crippen LogP contribution in [0.15, 0.2) is 18.2 Å². The van der Waals surface area contributed by atoms with Gasteiger partial charge in [0.25, 0.3) is 17.5 Å². The first kappa shape index (κ1) is 17.8. The highest BCUT2D eigenvalue weighted by Crippen LogP contribution is 2.35. The molecule has 1 heterocycles. The van der Waals surface area contributed by atoms with Crippen molar-refractivity contribution in [2.75, 3.05) is 0 Å². The quantitative estimate of drug-likeness (QED) is 0.485. The van der Waals surface area contributed by atoms with Gasteiger partial charge in [0.2, 0.25) is 0 Å². The lowest BCUT2D eigenvalue weighted by molar-refractivity contribution is -0.385. The first-order valence-corrected chi connectivity index (χ1v) is 8.46. The molecule has 1 spiro atoms. The number of nitro groups is 1. The summed E-state index contributed by atoms with van der Waals surface area (Å²) in [4.78, 5) is 47.6. The molecule has 0 aromatic heterocycles. The van der Waals surface area contributed by atoms with Crippen molar-refractivity contribution < 1.29 is 19.3 Å². The summed E-state index contributed by atoms with van der Waals surface area (Å²) in [5.41, 5.74) is 1.72. The molecule has 4 amide bonds. The van der Waals surface area contributed by atoms with Crippen LogP contribution < -0.4 is 10.7 Å². The molecule has 9 heteroatoms. The lowest BCUT2D eigenvalue weighted by Gasteiger charge is -2.33. The molecule has 3 rings (SSSR count). The van der Waals surface area contributed by atoms with Crippen LogP contribution in [-0.2, 0) is 4.79 Å². The summed E-state index contributed by atoms with van der Waals surface area (Å²) in [6.45, 7) is 3.62. The van der Waals surface area contributed by atoms with Crippen molar-refractivity contribution in [1.82, 2.24) is 15.8 Å². The summed E-state index contributed by atoms with van der Waals surface area (Å²) >= 11 is 0. The van der Waals surface area contributed by atoms with E-state index in [1.165, 1.54) is 25.1 Å². The Bertz CT molecular complexity index is 798. The number of benzene rings is 1. The van der Waals surface area contributed by atoms with Gasteiger partial charge in [-0.25, -0.2) is 4.79 Å². The van der Waals surface area contributed by atoms with Crippen molar-refractivity contribution in [3.8, 4) is 0 Å². The molecule has 1 aliphatic carbocycles. The predicted octanol–water partition coefficient (Wildman–Crippen LogP) is 2.05. The topological polar surface area (TPSA) is 122 Å².